The van der Waals surface area contributed by atoms with Gasteiger partial charge in [-0.2, -0.15) is 5.10 Å². The summed E-state index contributed by atoms with van der Waals surface area (Å²) in [4.78, 5) is 18.0. The molecule has 0 bridgehead atoms. The molecule has 3 aromatic rings. The second kappa shape index (κ2) is 9.14. The summed E-state index contributed by atoms with van der Waals surface area (Å²) >= 11 is 10.1. The minimum Gasteiger partial charge on any atom is -0.303 e. The molecule has 3 aromatic heterocycles. The molecule has 0 amide bonds. The Hall–Kier alpha value is -2.09. The Morgan fingerprint density at radius 3 is 2.04 bits per heavy atom. The van der Waals surface area contributed by atoms with Crippen molar-refractivity contribution < 1.29 is 4.79 Å². The van der Waals surface area contributed by atoms with Gasteiger partial charge in [0, 0.05) is 43.0 Å². The second-order valence-corrected chi connectivity index (χ2v) is 4.89. The first-order valence-corrected chi connectivity index (χ1v) is 7.00. The van der Waals surface area contributed by atoms with E-state index in [2.05, 4.69) is 20.2 Å². The molecule has 0 fully saturated rings. The van der Waals surface area contributed by atoms with Crippen LogP contribution < -0.4 is 0 Å². The number of halogens is 2. The lowest BCUT2D eigenvalue weighted by Crippen LogP contribution is -1.92. The van der Waals surface area contributed by atoms with E-state index in [1.54, 1.807) is 24.5 Å². The molecule has 23 heavy (non-hydrogen) atoms. The van der Waals surface area contributed by atoms with Gasteiger partial charge >= 0.3 is 0 Å². The van der Waals surface area contributed by atoms with Gasteiger partial charge in [-0.3, -0.25) is 19.9 Å². The van der Waals surface area contributed by atoms with Crippen LogP contribution in [0.1, 0.15) is 10.4 Å². The third kappa shape index (κ3) is 5.24. The molecule has 3 rings (SSSR count). The van der Waals surface area contributed by atoms with E-state index in [4.69, 9.17) is 23.8 Å². The van der Waals surface area contributed by atoms with Crippen molar-refractivity contribution in [3.8, 4) is 11.4 Å². The fraction of sp³-hybridized carbons (Fsp3) is 0.0714. The molecule has 0 aromatic carbocycles. The van der Waals surface area contributed by atoms with Crippen LogP contribution in [0.25, 0.3) is 11.4 Å². The minimum absolute atomic E-state index is 0. The molecule has 0 saturated carbocycles. The maximum atomic E-state index is 10.4. The molecule has 0 aliphatic heterocycles. The molecule has 0 radical (unpaired) electrons. The topological polar surface area (TPSA) is 76.5 Å². The van der Waals surface area contributed by atoms with Crippen molar-refractivity contribution in [3.05, 3.63) is 59.4 Å². The fourth-order valence-corrected chi connectivity index (χ4v) is 1.85. The Balaban J connectivity index is 0.000000235. The van der Waals surface area contributed by atoms with E-state index in [9.17, 15) is 4.79 Å². The van der Waals surface area contributed by atoms with Gasteiger partial charge in [0.25, 0.3) is 5.24 Å². The summed E-state index contributed by atoms with van der Waals surface area (Å²) in [7, 11) is 1.88. The van der Waals surface area contributed by atoms with E-state index in [0.29, 0.717) is 10.3 Å². The first-order chi connectivity index (χ1) is 10.6. The lowest BCUT2D eigenvalue weighted by molar-refractivity contribution is 0.108. The van der Waals surface area contributed by atoms with E-state index in [1.165, 1.54) is 12.4 Å². The lowest BCUT2D eigenvalue weighted by Gasteiger charge is -1.97. The molecule has 0 saturated heterocycles. The summed E-state index contributed by atoms with van der Waals surface area (Å²) in [6.45, 7) is 0. The molecule has 0 unspecified atom stereocenters. The SMILES string of the molecule is Cl.Cn1c(-c2ccncc2)n[nH]c1=S.O=C(Cl)c1ccncc1. The van der Waals surface area contributed by atoms with Crippen LogP contribution in [0, 0.1) is 4.77 Å². The van der Waals surface area contributed by atoms with Crippen molar-refractivity contribution >= 4 is 41.5 Å². The number of carbonyl (C=O) groups is 1. The Kier molecular flexibility index (Phi) is 7.53. The van der Waals surface area contributed by atoms with E-state index >= 15 is 0 Å². The first kappa shape index (κ1) is 19.0. The molecule has 0 aliphatic carbocycles. The smallest absolute Gasteiger partial charge is 0.252 e. The average molecular weight is 370 g/mol. The van der Waals surface area contributed by atoms with Crippen molar-refractivity contribution in [2.75, 3.05) is 0 Å². The predicted molar refractivity (Wildman–Crippen MR) is 93.3 cm³/mol. The maximum Gasteiger partial charge on any atom is 0.252 e. The van der Waals surface area contributed by atoms with E-state index in [-0.39, 0.29) is 12.4 Å². The second-order valence-electron chi connectivity index (χ2n) is 4.16. The van der Waals surface area contributed by atoms with Crippen molar-refractivity contribution in [2.24, 2.45) is 7.05 Å². The number of hydrogen-bond donors (Lipinski definition) is 1. The molecule has 0 aliphatic rings. The van der Waals surface area contributed by atoms with Crippen molar-refractivity contribution in [3.63, 3.8) is 0 Å². The fourth-order valence-electron chi connectivity index (χ4n) is 1.59. The number of aromatic amines is 1. The van der Waals surface area contributed by atoms with Crippen LogP contribution >= 0.6 is 36.2 Å². The number of H-pyrrole nitrogens is 1. The van der Waals surface area contributed by atoms with E-state index in [1.807, 2.05) is 23.7 Å². The molecule has 6 nitrogen and oxygen atoms in total. The van der Waals surface area contributed by atoms with Crippen molar-refractivity contribution in [2.45, 2.75) is 0 Å². The number of hydrogen-bond acceptors (Lipinski definition) is 5. The summed E-state index contributed by atoms with van der Waals surface area (Å²) in [5, 5.41) is 6.39. The number of rotatable bonds is 2. The molecule has 9 heteroatoms. The van der Waals surface area contributed by atoms with Gasteiger partial charge < -0.3 is 4.57 Å². The molecule has 120 valence electrons. The number of pyridine rings is 2. The first-order valence-electron chi connectivity index (χ1n) is 6.21. The van der Waals surface area contributed by atoms with Crippen LogP contribution in [0.15, 0.2) is 49.1 Å². The number of aromatic nitrogens is 5. The van der Waals surface area contributed by atoms with Gasteiger partial charge in [0.15, 0.2) is 10.6 Å². The van der Waals surface area contributed by atoms with Crippen molar-refractivity contribution in [1.29, 1.82) is 0 Å². The normalized spacial score (nSPS) is 9.30. The monoisotopic (exact) mass is 369 g/mol. The quantitative estimate of drug-likeness (QED) is 0.553. The van der Waals surface area contributed by atoms with Crippen molar-refractivity contribution in [1.82, 2.24) is 24.7 Å². The maximum absolute atomic E-state index is 10.4. The molecular weight excluding hydrogens is 357 g/mol. The molecular formula is C14H13Cl2N5OS. The van der Waals surface area contributed by atoms with Crippen LogP contribution in [0.5, 0.6) is 0 Å². The van der Waals surface area contributed by atoms with Crippen LogP contribution in [-0.2, 0) is 7.05 Å². The van der Waals surface area contributed by atoms with Crippen LogP contribution in [-0.4, -0.2) is 30.0 Å². The Bertz CT molecular complexity index is 805. The zero-order valence-corrected chi connectivity index (χ0v) is 14.4. The lowest BCUT2D eigenvalue weighted by atomic mass is 10.2. The molecule has 0 spiro atoms. The highest BCUT2D eigenvalue weighted by Gasteiger charge is 2.03. The van der Waals surface area contributed by atoms with Gasteiger partial charge in [-0.05, 0) is 48.1 Å². The van der Waals surface area contributed by atoms with Gasteiger partial charge in [0.2, 0.25) is 0 Å². The highest BCUT2D eigenvalue weighted by atomic mass is 35.5. The largest absolute Gasteiger partial charge is 0.303 e. The number of nitrogens with one attached hydrogen (secondary N) is 1. The summed E-state index contributed by atoms with van der Waals surface area (Å²) in [5.41, 5.74) is 1.48. The molecule has 0 atom stereocenters. The van der Waals surface area contributed by atoms with Gasteiger partial charge in [0.1, 0.15) is 0 Å². The van der Waals surface area contributed by atoms with E-state index in [0.717, 1.165) is 11.4 Å². The summed E-state index contributed by atoms with van der Waals surface area (Å²) < 4.78 is 2.44. The van der Waals surface area contributed by atoms with Gasteiger partial charge in [-0.15, -0.1) is 12.4 Å². The third-order valence-corrected chi connectivity index (χ3v) is 3.31. The Morgan fingerprint density at radius 1 is 1.13 bits per heavy atom. The van der Waals surface area contributed by atoms with Gasteiger partial charge in [-0.25, -0.2) is 0 Å². The van der Waals surface area contributed by atoms with E-state index < -0.39 is 5.24 Å². The summed E-state index contributed by atoms with van der Waals surface area (Å²) in [6.07, 6.45) is 6.51. The highest BCUT2D eigenvalue weighted by Crippen LogP contribution is 2.13. The Morgan fingerprint density at radius 2 is 1.65 bits per heavy atom. The van der Waals surface area contributed by atoms with Gasteiger partial charge in [-0.1, -0.05) is 0 Å². The highest BCUT2D eigenvalue weighted by molar-refractivity contribution is 7.71. The van der Waals surface area contributed by atoms with Crippen LogP contribution in [0.3, 0.4) is 0 Å². The summed E-state index contributed by atoms with van der Waals surface area (Å²) in [6, 6.07) is 6.92. The third-order valence-electron chi connectivity index (χ3n) is 2.73. The number of nitrogens with zero attached hydrogens (tertiary/aromatic N) is 4. The summed E-state index contributed by atoms with van der Waals surface area (Å²) in [5.74, 6) is 0.826. The van der Waals surface area contributed by atoms with Gasteiger partial charge in [0.05, 0.1) is 0 Å². The standard InChI is InChI=1S/C8H8N4S.C6H4ClNO.ClH/c1-12-7(10-11-8(12)13)6-2-4-9-5-3-6;7-6(9)5-1-3-8-4-2-5;/h2-5H,1H3,(H,11,13);1-4H;1H. The zero-order chi connectivity index (χ0) is 15.9. The molecule has 1 N–H and O–H groups in total. The predicted octanol–water partition coefficient (Wildman–Crippen LogP) is 3.42. The Labute approximate surface area is 149 Å². The van der Waals surface area contributed by atoms with Crippen LogP contribution in [0.2, 0.25) is 0 Å². The zero-order valence-electron chi connectivity index (χ0n) is 12.0. The van der Waals surface area contributed by atoms with Crippen LogP contribution in [0.4, 0.5) is 0 Å². The number of carbonyl (C=O) groups excluding carboxylic acids is 1. The minimum atomic E-state index is -0.447. The molecule has 3 heterocycles. The average Bonchev–Trinajstić information content (AvgIpc) is 2.89.